The van der Waals surface area contributed by atoms with Gasteiger partial charge in [-0.2, -0.15) is 0 Å². The molecule has 0 aliphatic heterocycles. The third-order valence-corrected chi connectivity index (χ3v) is 4.66. The van der Waals surface area contributed by atoms with E-state index in [-0.39, 0.29) is 11.5 Å². The lowest BCUT2D eigenvalue weighted by Crippen LogP contribution is -2.00. The van der Waals surface area contributed by atoms with Gasteiger partial charge in [-0.15, -0.1) is 16.8 Å². The molecule has 0 bridgehead atoms. The summed E-state index contributed by atoms with van der Waals surface area (Å²) in [5, 5.41) is 20.0. The predicted molar refractivity (Wildman–Crippen MR) is 98.3 cm³/mol. The zero-order valence-corrected chi connectivity index (χ0v) is 14.5. The Morgan fingerprint density at radius 3 is 2.69 bits per heavy atom. The molecule has 8 heteroatoms. The molecule has 3 aromatic rings. The van der Waals surface area contributed by atoms with E-state index in [0.717, 1.165) is 11.1 Å². The van der Waals surface area contributed by atoms with Gasteiger partial charge in [-0.1, -0.05) is 30.0 Å². The number of hydrogen-bond donors (Lipinski definition) is 0. The minimum absolute atomic E-state index is 0.0580. The van der Waals surface area contributed by atoms with Gasteiger partial charge in [0.05, 0.1) is 4.92 Å². The fourth-order valence-corrected chi connectivity index (χ4v) is 3.30. The number of rotatable bonds is 7. The Hall–Kier alpha value is -3.00. The lowest BCUT2D eigenvalue weighted by molar-refractivity contribution is -0.384. The Balaban J connectivity index is 1.84. The molecule has 0 saturated carbocycles. The molecule has 0 aliphatic carbocycles. The Kier molecular flexibility index (Phi) is 5.43. The third-order valence-electron chi connectivity index (χ3n) is 3.62. The molecule has 0 amide bonds. The van der Waals surface area contributed by atoms with Crippen LogP contribution in [-0.4, -0.2) is 19.7 Å². The average molecular weight is 370 g/mol. The molecule has 1 heterocycles. The highest BCUT2D eigenvalue weighted by Crippen LogP contribution is 2.27. The molecular weight excluding hydrogens is 355 g/mol. The molecule has 6 nitrogen and oxygen atoms in total. The maximum absolute atomic E-state index is 13.1. The van der Waals surface area contributed by atoms with Crippen molar-refractivity contribution in [3.05, 3.63) is 82.7 Å². The van der Waals surface area contributed by atoms with Crippen LogP contribution >= 0.6 is 11.8 Å². The monoisotopic (exact) mass is 370 g/mol. The number of benzene rings is 2. The van der Waals surface area contributed by atoms with Crippen molar-refractivity contribution in [3.8, 4) is 11.4 Å². The van der Waals surface area contributed by atoms with Crippen molar-refractivity contribution in [2.75, 3.05) is 0 Å². The number of nitro benzene ring substituents is 1. The molecular formula is C18H15FN4O2S. The fraction of sp³-hybridized carbons (Fsp3) is 0.111. The summed E-state index contributed by atoms with van der Waals surface area (Å²) in [5.41, 5.74) is 1.63. The molecule has 132 valence electrons. The van der Waals surface area contributed by atoms with E-state index in [9.17, 15) is 14.5 Å². The van der Waals surface area contributed by atoms with Crippen LogP contribution in [0.2, 0.25) is 0 Å². The van der Waals surface area contributed by atoms with Gasteiger partial charge < -0.3 is 0 Å². The van der Waals surface area contributed by atoms with Crippen molar-refractivity contribution in [2.24, 2.45) is 0 Å². The first-order valence-corrected chi connectivity index (χ1v) is 8.73. The standard InChI is InChI=1S/C18H15FN4O2S/c1-2-10-22-17(14-6-8-15(19)9-7-14)20-21-18(22)26-12-13-4-3-5-16(11-13)23(24)25/h2-9,11H,1,10,12H2. The van der Waals surface area contributed by atoms with E-state index < -0.39 is 4.92 Å². The van der Waals surface area contributed by atoms with Gasteiger partial charge in [0.1, 0.15) is 5.82 Å². The first-order chi connectivity index (χ1) is 12.6. The maximum atomic E-state index is 13.1. The van der Waals surface area contributed by atoms with E-state index in [2.05, 4.69) is 16.8 Å². The number of non-ortho nitro benzene ring substituents is 1. The summed E-state index contributed by atoms with van der Waals surface area (Å²) in [4.78, 5) is 10.5. The maximum Gasteiger partial charge on any atom is 0.269 e. The van der Waals surface area contributed by atoms with E-state index >= 15 is 0 Å². The van der Waals surface area contributed by atoms with Gasteiger partial charge in [-0.25, -0.2) is 4.39 Å². The molecule has 0 aliphatic rings. The minimum atomic E-state index is -0.416. The van der Waals surface area contributed by atoms with E-state index in [1.54, 1.807) is 30.3 Å². The number of nitrogens with zero attached hydrogens (tertiary/aromatic N) is 4. The van der Waals surface area contributed by atoms with Crippen LogP contribution in [0.1, 0.15) is 5.56 Å². The molecule has 26 heavy (non-hydrogen) atoms. The molecule has 0 spiro atoms. The largest absolute Gasteiger partial charge is 0.298 e. The van der Waals surface area contributed by atoms with Crippen LogP contribution in [-0.2, 0) is 12.3 Å². The normalized spacial score (nSPS) is 10.7. The van der Waals surface area contributed by atoms with Gasteiger partial charge in [0.25, 0.3) is 5.69 Å². The quantitative estimate of drug-likeness (QED) is 0.265. The van der Waals surface area contributed by atoms with Gasteiger partial charge in [0, 0.05) is 30.0 Å². The third kappa shape index (κ3) is 3.97. The molecule has 0 saturated heterocycles. The van der Waals surface area contributed by atoms with Gasteiger partial charge in [-0.05, 0) is 29.8 Å². The van der Waals surface area contributed by atoms with Crippen LogP contribution in [0.25, 0.3) is 11.4 Å². The van der Waals surface area contributed by atoms with Crippen molar-refractivity contribution in [3.63, 3.8) is 0 Å². The Morgan fingerprint density at radius 1 is 1.23 bits per heavy atom. The van der Waals surface area contributed by atoms with Crippen LogP contribution in [0, 0.1) is 15.9 Å². The summed E-state index contributed by atoms with van der Waals surface area (Å²) in [5.74, 6) is 0.815. The van der Waals surface area contributed by atoms with Crippen LogP contribution in [0.5, 0.6) is 0 Å². The van der Waals surface area contributed by atoms with Crippen LogP contribution in [0.4, 0.5) is 10.1 Å². The SMILES string of the molecule is C=CCn1c(SCc2cccc([N+](=O)[O-])c2)nnc1-c1ccc(F)cc1. The number of aromatic nitrogens is 3. The van der Waals surface area contributed by atoms with Crippen molar-refractivity contribution < 1.29 is 9.31 Å². The number of nitro groups is 1. The van der Waals surface area contributed by atoms with Gasteiger partial charge in [0.2, 0.25) is 0 Å². The van der Waals surface area contributed by atoms with E-state index in [0.29, 0.717) is 23.3 Å². The van der Waals surface area contributed by atoms with Gasteiger partial charge in [0.15, 0.2) is 11.0 Å². The number of hydrogen-bond acceptors (Lipinski definition) is 5. The second-order valence-electron chi connectivity index (χ2n) is 5.43. The first kappa shape index (κ1) is 17.8. The molecule has 1 aromatic heterocycles. The summed E-state index contributed by atoms with van der Waals surface area (Å²) in [6, 6.07) is 12.5. The summed E-state index contributed by atoms with van der Waals surface area (Å²) < 4.78 is 15.0. The van der Waals surface area contributed by atoms with E-state index in [1.165, 1.54) is 30.0 Å². The van der Waals surface area contributed by atoms with Crippen molar-refractivity contribution >= 4 is 17.4 Å². The van der Waals surface area contributed by atoms with Crippen molar-refractivity contribution in [1.82, 2.24) is 14.8 Å². The minimum Gasteiger partial charge on any atom is -0.298 e. The molecule has 0 atom stereocenters. The summed E-state index contributed by atoms with van der Waals surface area (Å²) in [6.45, 7) is 4.25. The number of thioether (sulfide) groups is 1. The van der Waals surface area contributed by atoms with Gasteiger partial charge >= 0.3 is 0 Å². The smallest absolute Gasteiger partial charge is 0.269 e. The van der Waals surface area contributed by atoms with E-state index in [1.807, 2.05) is 10.6 Å². The average Bonchev–Trinajstić information content (AvgIpc) is 3.04. The topological polar surface area (TPSA) is 73.8 Å². The van der Waals surface area contributed by atoms with Crippen molar-refractivity contribution in [1.29, 1.82) is 0 Å². The highest BCUT2D eigenvalue weighted by Gasteiger charge is 2.14. The second kappa shape index (κ2) is 7.92. The van der Waals surface area contributed by atoms with Crippen molar-refractivity contribution in [2.45, 2.75) is 17.5 Å². The molecule has 0 N–H and O–H groups in total. The molecule has 3 rings (SSSR count). The first-order valence-electron chi connectivity index (χ1n) is 7.74. The van der Waals surface area contributed by atoms with Crippen LogP contribution < -0.4 is 0 Å². The Morgan fingerprint density at radius 2 is 2.00 bits per heavy atom. The van der Waals surface area contributed by atoms with Gasteiger partial charge in [-0.3, -0.25) is 14.7 Å². The molecule has 0 unspecified atom stereocenters. The molecule has 0 fully saturated rings. The fourth-order valence-electron chi connectivity index (χ4n) is 2.41. The molecule has 2 aromatic carbocycles. The summed E-state index contributed by atoms with van der Waals surface area (Å²) >= 11 is 1.42. The lowest BCUT2D eigenvalue weighted by Gasteiger charge is -2.08. The van der Waals surface area contributed by atoms with Crippen LogP contribution in [0.15, 0.2) is 66.3 Å². The highest BCUT2D eigenvalue weighted by atomic mass is 32.2. The second-order valence-corrected chi connectivity index (χ2v) is 6.37. The summed E-state index contributed by atoms with van der Waals surface area (Å²) in [6.07, 6.45) is 1.73. The van der Waals surface area contributed by atoms with Crippen LogP contribution in [0.3, 0.4) is 0 Å². The zero-order chi connectivity index (χ0) is 18.5. The number of allylic oxidation sites excluding steroid dienone is 1. The summed E-state index contributed by atoms with van der Waals surface area (Å²) in [7, 11) is 0. The van der Waals surface area contributed by atoms with E-state index in [4.69, 9.17) is 0 Å². The Bertz CT molecular complexity index is 941. The predicted octanol–water partition coefficient (Wildman–Crippen LogP) is 4.47. The molecule has 0 radical (unpaired) electrons. The lowest BCUT2D eigenvalue weighted by atomic mass is 10.2. The Labute approximate surface area is 153 Å². The highest BCUT2D eigenvalue weighted by molar-refractivity contribution is 7.98. The number of halogens is 1. The zero-order valence-electron chi connectivity index (χ0n) is 13.7.